The van der Waals surface area contributed by atoms with Gasteiger partial charge in [0.1, 0.15) is 5.82 Å². The van der Waals surface area contributed by atoms with Crippen LogP contribution < -0.4 is 11.1 Å². The van der Waals surface area contributed by atoms with E-state index in [1.807, 2.05) is 0 Å². The van der Waals surface area contributed by atoms with Crippen LogP contribution in [0.5, 0.6) is 0 Å². The van der Waals surface area contributed by atoms with Gasteiger partial charge in [-0.05, 0) is 47.9 Å². The molecule has 1 saturated heterocycles. The van der Waals surface area contributed by atoms with Gasteiger partial charge in [0.25, 0.3) is 0 Å². The van der Waals surface area contributed by atoms with Gasteiger partial charge in [-0.3, -0.25) is 0 Å². The van der Waals surface area contributed by atoms with Crippen LogP contribution in [0.25, 0.3) is 0 Å². The van der Waals surface area contributed by atoms with Crippen LogP contribution in [0.2, 0.25) is 0 Å². The van der Waals surface area contributed by atoms with E-state index in [0.717, 1.165) is 19.6 Å². The van der Waals surface area contributed by atoms with Gasteiger partial charge < -0.3 is 16.0 Å². The van der Waals surface area contributed by atoms with Gasteiger partial charge in [-0.1, -0.05) is 0 Å². The predicted octanol–water partition coefficient (Wildman–Crippen LogP) is 2.53. The Bertz CT molecular complexity index is 411. The van der Waals surface area contributed by atoms with Crippen molar-refractivity contribution >= 4 is 27.3 Å². The fourth-order valence-corrected chi connectivity index (χ4v) is 2.52. The molecule has 2 rings (SSSR count). The number of nitrogen functional groups attached to an aromatic ring is 1. The van der Waals surface area contributed by atoms with Crippen molar-refractivity contribution in [3.05, 3.63) is 22.4 Å². The summed E-state index contributed by atoms with van der Waals surface area (Å²) in [6, 6.07) is 3.04. The largest absolute Gasteiger partial charge is 0.397 e. The highest BCUT2D eigenvalue weighted by molar-refractivity contribution is 9.10. The molecular weight excluding hydrogens is 285 g/mol. The van der Waals surface area contributed by atoms with Crippen LogP contribution in [0.3, 0.4) is 0 Å². The standard InChI is InChI=1S/C12H17BrFN3/c1-17-3-2-8(7-17)6-16-12-5-10(14)9(13)4-11(12)15/h4-5,8,16H,2-3,6-7,15H2,1H3. The molecule has 0 bridgehead atoms. The zero-order valence-electron chi connectivity index (χ0n) is 9.84. The summed E-state index contributed by atoms with van der Waals surface area (Å²) >= 11 is 3.12. The molecule has 0 spiro atoms. The van der Waals surface area contributed by atoms with Gasteiger partial charge >= 0.3 is 0 Å². The van der Waals surface area contributed by atoms with Gasteiger partial charge in [-0.15, -0.1) is 0 Å². The lowest BCUT2D eigenvalue weighted by Gasteiger charge is -2.14. The maximum atomic E-state index is 13.4. The molecule has 0 amide bonds. The van der Waals surface area contributed by atoms with E-state index in [1.54, 1.807) is 6.07 Å². The highest BCUT2D eigenvalue weighted by Crippen LogP contribution is 2.27. The summed E-state index contributed by atoms with van der Waals surface area (Å²) in [4.78, 5) is 2.30. The summed E-state index contributed by atoms with van der Waals surface area (Å²) in [5, 5.41) is 3.23. The molecule has 0 aromatic heterocycles. The van der Waals surface area contributed by atoms with Crippen LogP contribution in [0.15, 0.2) is 16.6 Å². The number of halogens is 2. The Balaban J connectivity index is 1.97. The molecule has 5 heteroatoms. The van der Waals surface area contributed by atoms with Crippen molar-refractivity contribution in [3.8, 4) is 0 Å². The molecule has 1 fully saturated rings. The third-order valence-electron chi connectivity index (χ3n) is 3.16. The summed E-state index contributed by atoms with van der Waals surface area (Å²) in [5.41, 5.74) is 7.09. The van der Waals surface area contributed by atoms with Gasteiger partial charge in [0.15, 0.2) is 0 Å². The van der Waals surface area contributed by atoms with Gasteiger partial charge in [-0.2, -0.15) is 0 Å². The molecule has 0 aliphatic carbocycles. The fraction of sp³-hybridized carbons (Fsp3) is 0.500. The van der Waals surface area contributed by atoms with Crippen LogP contribution in [0.1, 0.15) is 6.42 Å². The second-order valence-electron chi connectivity index (χ2n) is 4.65. The Morgan fingerprint density at radius 1 is 1.59 bits per heavy atom. The molecular formula is C12H17BrFN3. The number of likely N-dealkylation sites (tertiary alicyclic amines) is 1. The van der Waals surface area contributed by atoms with Crippen LogP contribution in [-0.2, 0) is 0 Å². The first kappa shape index (κ1) is 12.6. The van der Waals surface area contributed by atoms with Crippen LogP contribution in [0.4, 0.5) is 15.8 Å². The molecule has 3 nitrogen and oxygen atoms in total. The SMILES string of the molecule is CN1CCC(CNc2cc(F)c(Br)cc2N)C1. The highest BCUT2D eigenvalue weighted by atomic mass is 79.9. The van der Waals surface area contributed by atoms with Crippen molar-refractivity contribution in [2.45, 2.75) is 6.42 Å². The van der Waals surface area contributed by atoms with E-state index in [2.05, 4.69) is 33.2 Å². The molecule has 1 atom stereocenters. The summed E-state index contributed by atoms with van der Waals surface area (Å²) in [7, 11) is 2.12. The predicted molar refractivity (Wildman–Crippen MR) is 72.6 cm³/mol. The average molecular weight is 302 g/mol. The third-order valence-corrected chi connectivity index (χ3v) is 3.77. The quantitative estimate of drug-likeness (QED) is 0.843. The first-order chi connectivity index (χ1) is 8.06. The van der Waals surface area contributed by atoms with Crippen molar-refractivity contribution in [2.75, 3.05) is 37.7 Å². The Morgan fingerprint density at radius 3 is 3.00 bits per heavy atom. The van der Waals surface area contributed by atoms with Crippen molar-refractivity contribution in [1.29, 1.82) is 0 Å². The number of nitrogens with zero attached hydrogens (tertiary/aromatic N) is 1. The highest BCUT2D eigenvalue weighted by Gasteiger charge is 2.19. The van der Waals surface area contributed by atoms with E-state index < -0.39 is 0 Å². The number of hydrogen-bond donors (Lipinski definition) is 2. The second kappa shape index (κ2) is 5.23. The van der Waals surface area contributed by atoms with E-state index in [9.17, 15) is 4.39 Å². The molecule has 1 unspecified atom stereocenters. The Labute approximate surface area is 109 Å². The van der Waals surface area contributed by atoms with Gasteiger partial charge in [0, 0.05) is 19.2 Å². The molecule has 3 N–H and O–H groups in total. The van der Waals surface area contributed by atoms with E-state index in [-0.39, 0.29) is 5.82 Å². The number of anilines is 2. The summed E-state index contributed by atoms with van der Waals surface area (Å²) < 4.78 is 13.8. The summed E-state index contributed by atoms with van der Waals surface area (Å²) in [6.45, 7) is 3.07. The minimum Gasteiger partial charge on any atom is -0.397 e. The van der Waals surface area contributed by atoms with Crippen molar-refractivity contribution in [2.24, 2.45) is 5.92 Å². The molecule has 1 aliphatic rings. The molecule has 0 radical (unpaired) electrons. The lowest BCUT2D eigenvalue weighted by molar-refractivity contribution is 0.399. The maximum absolute atomic E-state index is 13.4. The monoisotopic (exact) mass is 301 g/mol. The molecule has 1 aromatic rings. The van der Waals surface area contributed by atoms with Gasteiger partial charge in [-0.25, -0.2) is 4.39 Å². The summed E-state index contributed by atoms with van der Waals surface area (Å²) in [5.74, 6) is 0.330. The topological polar surface area (TPSA) is 41.3 Å². The molecule has 0 saturated carbocycles. The first-order valence-corrected chi connectivity index (χ1v) is 6.52. The normalized spacial score (nSPS) is 20.8. The smallest absolute Gasteiger partial charge is 0.139 e. The van der Waals surface area contributed by atoms with E-state index in [0.29, 0.717) is 21.8 Å². The molecule has 1 aromatic carbocycles. The van der Waals surface area contributed by atoms with E-state index in [1.165, 1.54) is 12.5 Å². The first-order valence-electron chi connectivity index (χ1n) is 5.73. The van der Waals surface area contributed by atoms with Crippen LogP contribution in [0, 0.1) is 11.7 Å². The zero-order chi connectivity index (χ0) is 12.4. The van der Waals surface area contributed by atoms with Crippen molar-refractivity contribution in [3.63, 3.8) is 0 Å². The lowest BCUT2D eigenvalue weighted by atomic mass is 10.1. The van der Waals surface area contributed by atoms with Gasteiger partial charge in [0.2, 0.25) is 0 Å². The lowest BCUT2D eigenvalue weighted by Crippen LogP contribution is -2.19. The third kappa shape index (κ3) is 3.10. The molecule has 17 heavy (non-hydrogen) atoms. The van der Waals surface area contributed by atoms with Crippen molar-refractivity contribution < 1.29 is 4.39 Å². The Hall–Kier alpha value is -0.810. The van der Waals surface area contributed by atoms with Gasteiger partial charge in [0.05, 0.1) is 15.8 Å². The average Bonchev–Trinajstić information content (AvgIpc) is 2.68. The number of hydrogen-bond acceptors (Lipinski definition) is 3. The van der Waals surface area contributed by atoms with Crippen LogP contribution >= 0.6 is 15.9 Å². The number of rotatable bonds is 3. The zero-order valence-corrected chi connectivity index (χ0v) is 11.4. The van der Waals surface area contributed by atoms with E-state index >= 15 is 0 Å². The molecule has 94 valence electrons. The molecule has 1 aliphatic heterocycles. The number of benzene rings is 1. The second-order valence-corrected chi connectivity index (χ2v) is 5.51. The fourth-order valence-electron chi connectivity index (χ4n) is 2.16. The maximum Gasteiger partial charge on any atom is 0.139 e. The number of nitrogens with one attached hydrogen (secondary N) is 1. The van der Waals surface area contributed by atoms with Crippen molar-refractivity contribution in [1.82, 2.24) is 4.90 Å². The number of nitrogens with two attached hydrogens (primary N) is 1. The summed E-state index contributed by atoms with van der Waals surface area (Å²) in [6.07, 6.45) is 1.18. The Kier molecular flexibility index (Phi) is 3.89. The Morgan fingerprint density at radius 2 is 2.35 bits per heavy atom. The van der Waals surface area contributed by atoms with Crippen LogP contribution in [-0.4, -0.2) is 31.6 Å². The van der Waals surface area contributed by atoms with E-state index in [4.69, 9.17) is 5.73 Å². The molecule has 1 heterocycles. The minimum absolute atomic E-state index is 0.287. The minimum atomic E-state index is -0.287.